The molecule has 1 fully saturated rings. The van der Waals surface area contributed by atoms with Gasteiger partial charge in [0.15, 0.2) is 0 Å². The Balaban J connectivity index is 1.81. The SMILES string of the molecule is CCOc1ccccc1N1CCN(S(=O)(=O)c2cc(C)c(C)cc2OC)CC1. The Hall–Kier alpha value is -2.25. The Morgan fingerprint density at radius 3 is 2.25 bits per heavy atom. The van der Waals surface area contributed by atoms with Crippen molar-refractivity contribution in [2.45, 2.75) is 25.7 Å². The number of aryl methyl sites for hydroxylation is 2. The minimum atomic E-state index is -3.62. The second-order valence-corrected chi connectivity index (χ2v) is 8.79. The largest absolute Gasteiger partial charge is 0.495 e. The number of rotatable bonds is 6. The molecule has 0 N–H and O–H groups in total. The summed E-state index contributed by atoms with van der Waals surface area (Å²) in [5.41, 5.74) is 2.95. The van der Waals surface area contributed by atoms with Crippen LogP contribution in [0.25, 0.3) is 0 Å². The molecule has 0 aliphatic carbocycles. The van der Waals surface area contributed by atoms with E-state index in [1.807, 2.05) is 45.0 Å². The van der Waals surface area contributed by atoms with Gasteiger partial charge in [-0.05, 0) is 56.2 Å². The molecule has 2 aromatic rings. The molecule has 0 unspecified atom stereocenters. The predicted molar refractivity (Wildman–Crippen MR) is 111 cm³/mol. The number of hydrogen-bond acceptors (Lipinski definition) is 5. The van der Waals surface area contributed by atoms with E-state index >= 15 is 0 Å². The number of para-hydroxylation sites is 2. The summed E-state index contributed by atoms with van der Waals surface area (Å²) in [4.78, 5) is 2.41. The van der Waals surface area contributed by atoms with E-state index in [1.54, 1.807) is 16.4 Å². The van der Waals surface area contributed by atoms with Gasteiger partial charge < -0.3 is 14.4 Å². The first-order chi connectivity index (χ1) is 13.4. The lowest BCUT2D eigenvalue weighted by Crippen LogP contribution is -2.48. The van der Waals surface area contributed by atoms with Crippen LogP contribution < -0.4 is 14.4 Å². The second kappa shape index (κ2) is 8.41. The number of ether oxygens (including phenoxy) is 2. The summed E-state index contributed by atoms with van der Waals surface area (Å²) in [6.45, 7) is 8.46. The van der Waals surface area contributed by atoms with Gasteiger partial charge in [0, 0.05) is 26.2 Å². The summed E-state index contributed by atoms with van der Waals surface area (Å²) < 4.78 is 39.1. The van der Waals surface area contributed by atoms with Crippen molar-refractivity contribution in [1.29, 1.82) is 0 Å². The van der Waals surface area contributed by atoms with Crippen LogP contribution in [-0.4, -0.2) is 52.6 Å². The number of benzene rings is 2. The van der Waals surface area contributed by atoms with Crippen molar-refractivity contribution >= 4 is 15.7 Å². The Morgan fingerprint density at radius 1 is 0.964 bits per heavy atom. The Kier molecular flexibility index (Phi) is 6.15. The molecule has 0 amide bonds. The van der Waals surface area contributed by atoms with Crippen LogP contribution in [0.5, 0.6) is 11.5 Å². The van der Waals surface area contributed by atoms with Gasteiger partial charge in [-0.15, -0.1) is 0 Å². The minimum Gasteiger partial charge on any atom is -0.495 e. The molecule has 6 nitrogen and oxygen atoms in total. The zero-order valence-electron chi connectivity index (χ0n) is 16.9. The van der Waals surface area contributed by atoms with Gasteiger partial charge in [0.2, 0.25) is 10.0 Å². The average Bonchev–Trinajstić information content (AvgIpc) is 2.70. The quantitative estimate of drug-likeness (QED) is 0.740. The smallest absolute Gasteiger partial charge is 0.246 e. The maximum Gasteiger partial charge on any atom is 0.246 e. The molecule has 28 heavy (non-hydrogen) atoms. The van der Waals surface area contributed by atoms with E-state index in [9.17, 15) is 8.42 Å². The number of nitrogens with zero attached hydrogens (tertiary/aromatic N) is 2. The molecular formula is C21H28N2O4S. The van der Waals surface area contributed by atoms with Crippen LogP contribution in [-0.2, 0) is 10.0 Å². The molecule has 0 spiro atoms. The number of sulfonamides is 1. The first-order valence-corrected chi connectivity index (χ1v) is 10.9. The van der Waals surface area contributed by atoms with Crippen LogP contribution >= 0.6 is 0 Å². The number of methoxy groups -OCH3 is 1. The predicted octanol–water partition coefficient (Wildman–Crippen LogP) is 3.22. The fourth-order valence-electron chi connectivity index (χ4n) is 3.43. The summed E-state index contributed by atoms with van der Waals surface area (Å²) in [6, 6.07) is 11.4. The molecule has 1 saturated heterocycles. The average molecular weight is 405 g/mol. The zero-order valence-corrected chi connectivity index (χ0v) is 17.8. The molecule has 1 aliphatic rings. The first kappa shape index (κ1) is 20.5. The molecular weight excluding hydrogens is 376 g/mol. The zero-order chi connectivity index (χ0) is 20.3. The third-order valence-corrected chi connectivity index (χ3v) is 7.06. The normalized spacial score (nSPS) is 15.5. The van der Waals surface area contributed by atoms with Crippen LogP contribution in [0.2, 0.25) is 0 Å². The van der Waals surface area contributed by atoms with Crippen LogP contribution in [0.1, 0.15) is 18.1 Å². The van der Waals surface area contributed by atoms with E-state index in [1.165, 1.54) is 7.11 Å². The lowest BCUT2D eigenvalue weighted by atomic mass is 10.1. The summed E-state index contributed by atoms with van der Waals surface area (Å²) in [5, 5.41) is 0. The molecule has 7 heteroatoms. The van der Waals surface area contributed by atoms with Gasteiger partial charge >= 0.3 is 0 Å². The monoisotopic (exact) mass is 404 g/mol. The standard InChI is InChI=1S/C21H28N2O4S/c1-5-27-19-9-7-6-8-18(19)22-10-12-23(13-11-22)28(24,25)21-15-17(3)16(2)14-20(21)26-4/h6-9,14-15H,5,10-13H2,1-4H3. The van der Waals surface area contributed by atoms with Crippen molar-refractivity contribution in [3.63, 3.8) is 0 Å². The number of piperazine rings is 1. The van der Waals surface area contributed by atoms with E-state index in [2.05, 4.69) is 4.90 Å². The van der Waals surface area contributed by atoms with Gasteiger partial charge in [-0.1, -0.05) is 12.1 Å². The van der Waals surface area contributed by atoms with E-state index < -0.39 is 10.0 Å². The Labute approximate surface area is 167 Å². The molecule has 0 aromatic heterocycles. The van der Waals surface area contributed by atoms with Crippen molar-refractivity contribution < 1.29 is 17.9 Å². The van der Waals surface area contributed by atoms with Gasteiger partial charge in [0.05, 0.1) is 19.4 Å². The molecule has 2 aromatic carbocycles. The third kappa shape index (κ3) is 3.95. The van der Waals surface area contributed by atoms with Crippen molar-refractivity contribution in [3.05, 3.63) is 47.5 Å². The highest BCUT2D eigenvalue weighted by molar-refractivity contribution is 7.89. The maximum absolute atomic E-state index is 13.2. The molecule has 1 aliphatic heterocycles. The van der Waals surface area contributed by atoms with Crippen molar-refractivity contribution in [3.8, 4) is 11.5 Å². The summed E-state index contributed by atoms with van der Waals surface area (Å²) in [5.74, 6) is 1.23. The Bertz CT molecular complexity index is 935. The summed E-state index contributed by atoms with van der Waals surface area (Å²) in [7, 11) is -2.11. The minimum absolute atomic E-state index is 0.237. The molecule has 0 radical (unpaired) electrons. The summed E-state index contributed by atoms with van der Waals surface area (Å²) in [6.07, 6.45) is 0. The van der Waals surface area contributed by atoms with Gasteiger partial charge in [0.1, 0.15) is 16.4 Å². The van der Waals surface area contributed by atoms with Gasteiger partial charge in [0.25, 0.3) is 0 Å². The van der Waals surface area contributed by atoms with E-state index in [-0.39, 0.29) is 4.90 Å². The molecule has 152 valence electrons. The molecule has 0 saturated carbocycles. The highest BCUT2D eigenvalue weighted by atomic mass is 32.2. The van der Waals surface area contributed by atoms with Gasteiger partial charge in [-0.25, -0.2) is 8.42 Å². The number of hydrogen-bond donors (Lipinski definition) is 0. The fraction of sp³-hybridized carbons (Fsp3) is 0.429. The van der Waals surface area contributed by atoms with Gasteiger partial charge in [-0.2, -0.15) is 4.31 Å². The van der Waals surface area contributed by atoms with E-state index in [0.717, 1.165) is 22.6 Å². The second-order valence-electron chi connectivity index (χ2n) is 6.88. The van der Waals surface area contributed by atoms with E-state index in [0.29, 0.717) is 38.5 Å². The van der Waals surface area contributed by atoms with Gasteiger partial charge in [-0.3, -0.25) is 0 Å². The topological polar surface area (TPSA) is 59.1 Å². The van der Waals surface area contributed by atoms with Crippen LogP contribution in [0, 0.1) is 13.8 Å². The Morgan fingerprint density at radius 2 is 1.61 bits per heavy atom. The first-order valence-electron chi connectivity index (χ1n) is 9.50. The molecule has 0 bridgehead atoms. The third-order valence-electron chi connectivity index (χ3n) is 5.14. The highest BCUT2D eigenvalue weighted by Crippen LogP contribution is 2.32. The van der Waals surface area contributed by atoms with Crippen molar-refractivity contribution in [2.24, 2.45) is 0 Å². The van der Waals surface area contributed by atoms with Crippen LogP contribution in [0.15, 0.2) is 41.3 Å². The maximum atomic E-state index is 13.2. The van der Waals surface area contributed by atoms with Crippen LogP contribution in [0.3, 0.4) is 0 Å². The van der Waals surface area contributed by atoms with Crippen molar-refractivity contribution in [1.82, 2.24) is 4.31 Å². The highest BCUT2D eigenvalue weighted by Gasteiger charge is 2.31. The lowest BCUT2D eigenvalue weighted by Gasteiger charge is -2.36. The summed E-state index contributed by atoms with van der Waals surface area (Å²) >= 11 is 0. The molecule has 1 heterocycles. The molecule has 3 rings (SSSR count). The van der Waals surface area contributed by atoms with E-state index in [4.69, 9.17) is 9.47 Å². The number of anilines is 1. The van der Waals surface area contributed by atoms with Crippen LogP contribution in [0.4, 0.5) is 5.69 Å². The van der Waals surface area contributed by atoms with Crippen molar-refractivity contribution in [2.75, 3.05) is 44.8 Å². The fourth-order valence-corrected chi connectivity index (χ4v) is 5.07. The lowest BCUT2D eigenvalue weighted by molar-refractivity contribution is 0.336. The molecule has 0 atom stereocenters.